The summed E-state index contributed by atoms with van der Waals surface area (Å²) in [6.07, 6.45) is 0. The third kappa shape index (κ3) is 2.68. The molecule has 0 radical (unpaired) electrons. The van der Waals surface area contributed by atoms with Gasteiger partial charge in [0.05, 0.1) is 5.52 Å². The average molecular weight is 407 g/mol. The molecule has 0 aliphatic rings. The number of hydrogen-bond donors (Lipinski definition) is 1. The number of aryl methyl sites for hydroxylation is 1. The van der Waals surface area contributed by atoms with Gasteiger partial charge in [-0.3, -0.25) is 0 Å². The molecule has 0 amide bonds. The zero-order valence-corrected chi connectivity index (χ0v) is 14.8. The van der Waals surface area contributed by atoms with Gasteiger partial charge >= 0.3 is 0 Å². The zero-order valence-electron chi connectivity index (χ0n) is 11.6. The molecule has 2 aromatic carbocycles. The standard InChI is InChI=1S/C16H13Br2N3/c1-9-5-3-4-6-11(9)16-20-14-12(15(19-2)21-16)7-10(17)8-13(14)18/h3-8H,1-2H3,(H,19,20,21). The Kier molecular flexibility index (Phi) is 3.95. The molecule has 0 spiro atoms. The summed E-state index contributed by atoms with van der Waals surface area (Å²) in [5.74, 6) is 1.55. The van der Waals surface area contributed by atoms with Crippen molar-refractivity contribution in [3.05, 3.63) is 50.9 Å². The van der Waals surface area contributed by atoms with E-state index >= 15 is 0 Å². The number of rotatable bonds is 2. The van der Waals surface area contributed by atoms with E-state index in [0.717, 1.165) is 42.6 Å². The van der Waals surface area contributed by atoms with Gasteiger partial charge in [-0.2, -0.15) is 0 Å². The molecule has 0 aliphatic carbocycles. The highest BCUT2D eigenvalue weighted by molar-refractivity contribution is 9.11. The van der Waals surface area contributed by atoms with Gasteiger partial charge in [0.1, 0.15) is 5.82 Å². The fourth-order valence-corrected chi connectivity index (χ4v) is 3.61. The third-order valence-corrected chi connectivity index (χ3v) is 4.40. The minimum absolute atomic E-state index is 0.730. The number of nitrogens with zero attached hydrogens (tertiary/aromatic N) is 2. The van der Waals surface area contributed by atoms with Crippen LogP contribution in [0.4, 0.5) is 5.82 Å². The van der Waals surface area contributed by atoms with Crippen LogP contribution >= 0.6 is 31.9 Å². The number of halogens is 2. The molecule has 3 rings (SSSR count). The summed E-state index contributed by atoms with van der Waals surface area (Å²) < 4.78 is 1.94. The number of anilines is 1. The van der Waals surface area contributed by atoms with E-state index < -0.39 is 0 Å². The van der Waals surface area contributed by atoms with Crippen LogP contribution in [-0.4, -0.2) is 17.0 Å². The van der Waals surface area contributed by atoms with Crippen molar-refractivity contribution in [1.29, 1.82) is 0 Å². The smallest absolute Gasteiger partial charge is 0.162 e. The Labute approximate surface area is 140 Å². The molecule has 3 nitrogen and oxygen atoms in total. The van der Waals surface area contributed by atoms with Gasteiger partial charge in [-0.25, -0.2) is 9.97 Å². The number of hydrogen-bond acceptors (Lipinski definition) is 3. The summed E-state index contributed by atoms with van der Waals surface area (Å²) in [5, 5.41) is 4.14. The second-order valence-electron chi connectivity index (χ2n) is 4.74. The second kappa shape index (κ2) is 5.73. The maximum Gasteiger partial charge on any atom is 0.162 e. The maximum atomic E-state index is 4.74. The quantitative estimate of drug-likeness (QED) is 0.637. The zero-order chi connectivity index (χ0) is 15.0. The highest BCUT2D eigenvalue weighted by Gasteiger charge is 2.13. The molecule has 0 saturated carbocycles. The van der Waals surface area contributed by atoms with Crippen LogP contribution in [0.3, 0.4) is 0 Å². The van der Waals surface area contributed by atoms with Gasteiger partial charge in [-0.05, 0) is 40.5 Å². The normalized spacial score (nSPS) is 10.9. The highest BCUT2D eigenvalue weighted by atomic mass is 79.9. The van der Waals surface area contributed by atoms with E-state index in [9.17, 15) is 0 Å². The van der Waals surface area contributed by atoms with E-state index in [1.807, 2.05) is 37.4 Å². The van der Waals surface area contributed by atoms with Crippen molar-refractivity contribution in [3.8, 4) is 11.4 Å². The molecule has 5 heteroatoms. The van der Waals surface area contributed by atoms with Crippen LogP contribution in [-0.2, 0) is 0 Å². The minimum Gasteiger partial charge on any atom is -0.373 e. The Morgan fingerprint density at radius 2 is 1.81 bits per heavy atom. The van der Waals surface area contributed by atoms with Gasteiger partial charge in [0.25, 0.3) is 0 Å². The van der Waals surface area contributed by atoms with Gasteiger partial charge in [0.15, 0.2) is 5.82 Å². The number of nitrogens with one attached hydrogen (secondary N) is 1. The first kappa shape index (κ1) is 14.5. The van der Waals surface area contributed by atoms with E-state index in [1.165, 1.54) is 0 Å². The molecule has 0 aliphatic heterocycles. The van der Waals surface area contributed by atoms with Crippen LogP contribution in [0.2, 0.25) is 0 Å². The third-order valence-electron chi connectivity index (χ3n) is 3.34. The van der Waals surface area contributed by atoms with Gasteiger partial charge in [-0.15, -0.1) is 0 Å². The van der Waals surface area contributed by atoms with Gasteiger partial charge in [0, 0.05) is 26.9 Å². The Balaban J connectivity index is 2.34. The number of benzene rings is 2. The number of aromatic nitrogens is 2. The summed E-state index contributed by atoms with van der Waals surface area (Å²) in [6, 6.07) is 12.2. The average Bonchev–Trinajstić information content (AvgIpc) is 2.47. The summed E-state index contributed by atoms with van der Waals surface area (Å²) in [5.41, 5.74) is 3.11. The van der Waals surface area contributed by atoms with Crippen molar-refractivity contribution >= 4 is 48.6 Å². The van der Waals surface area contributed by atoms with Crippen molar-refractivity contribution in [3.63, 3.8) is 0 Å². The lowest BCUT2D eigenvalue weighted by Gasteiger charge is -2.11. The molecule has 21 heavy (non-hydrogen) atoms. The molecule has 0 unspecified atom stereocenters. The van der Waals surface area contributed by atoms with Crippen molar-refractivity contribution in [1.82, 2.24) is 9.97 Å². The first-order chi connectivity index (χ1) is 10.1. The molecule has 0 bridgehead atoms. The fourth-order valence-electron chi connectivity index (χ4n) is 2.29. The first-order valence-corrected chi connectivity index (χ1v) is 8.09. The van der Waals surface area contributed by atoms with Gasteiger partial charge in [-0.1, -0.05) is 40.2 Å². The molecule has 1 heterocycles. The lowest BCUT2D eigenvalue weighted by Crippen LogP contribution is -2.00. The Morgan fingerprint density at radius 1 is 1.05 bits per heavy atom. The molecule has 0 saturated heterocycles. The van der Waals surface area contributed by atoms with E-state index in [-0.39, 0.29) is 0 Å². The molecular formula is C16H13Br2N3. The van der Waals surface area contributed by atoms with E-state index in [0.29, 0.717) is 0 Å². The Hall–Kier alpha value is -1.46. The van der Waals surface area contributed by atoms with Crippen LogP contribution in [0.15, 0.2) is 45.3 Å². The van der Waals surface area contributed by atoms with Crippen LogP contribution in [0.25, 0.3) is 22.3 Å². The molecule has 1 aromatic heterocycles. The van der Waals surface area contributed by atoms with Crippen LogP contribution in [0.5, 0.6) is 0 Å². The van der Waals surface area contributed by atoms with Crippen molar-refractivity contribution < 1.29 is 0 Å². The lowest BCUT2D eigenvalue weighted by molar-refractivity contribution is 1.20. The summed E-state index contributed by atoms with van der Waals surface area (Å²) >= 11 is 7.10. The van der Waals surface area contributed by atoms with E-state index in [1.54, 1.807) is 0 Å². The highest BCUT2D eigenvalue weighted by Crippen LogP contribution is 2.33. The maximum absolute atomic E-state index is 4.74. The SMILES string of the molecule is CNc1nc(-c2ccccc2C)nc2c(Br)cc(Br)cc12. The van der Waals surface area contributed by atoms with Crippen LogP contribution in [0, 0.1) is 6.92 Å². The van der Waals surface area contributed by atoms with Crippen LogP contribution < -0.4 is 5.32 Å². The van der Waals surface area contributed by atoms with Gasteiger partial charge < -0.3 is 5.32 Å². The summed E-state index contributed by atoms with van der Waals surface area (Å²) in [7, 11) is 1.87. The summed E-state index contributed by atoms with van der Waals surface area (Å²) in [6.45, 7) is 2.07. The Morgan fingerprint density at radius 3 is 2.52 bits per heavy atom. The molecule has 106 valence electrons. The molecule has 0 fully saturated rings. The topological polar surface area (TPSA) is 37.8 Å². The Bertz CT molecular complexity index is 831. The predicted octanol–water partition coefficient (Wildman–Crippen LogP) is 5.17. The fraction of sp³-hybridized carbons (Fsp3) is 0.125. The van der Waals surface area contributed by atoms with E-state index in [4.69, 9.17) is 4.98 Å². The van der Waals surface area contributed by atoms with Gasteiger partial charge in [0.2, 0.25) is 0 Å². The van der Waals surface area contributed by atoms with Crippen LogP contribution in [0.1, 0.15) is 5.56 Å². The number of fused-ring (bicyclic) bond motifs is 1. The summed E-state index contributed by atoms with van der Waals surface area (Å²) in [4.78, 5) is 9.41. The molecule has 3 aromatic rings. The molecule has 1 N–H and O–H groups in total. The second-order valence-corrected chi connectivity index (χ2v) is 6.51. The van der Waals surface area contributed by atoms with E-state index in [2.05, 4.69) is 55.2 Å². The first-order valence-electron chi connectivity index (χ1n) is 6.50. The van der Waals surface area contributed by atoms with Crippen molar-refractivity contribution in [2.45, 2.75) is 6.92 Å². The lowest BCUT2D eigenvalue weighted by atomic mass is 10.1. The molecule has 0 atom stereocenters. The van der Waals surface area contributed by atoms with Crippen molar-refractivity contribution in [2.75, 3.05) is 12.4 Å². The van der Waals surface area contributed by atoms with Crippen molar-refractivity contribution in [2.24, 2.45) is 0 Å². The monoisotopic (exact) mass is 405 g/mol. The minimum atomic E-state index is 0.730. The largest absolute Gasteiger partial charge is 0.373 e. The predicted molar refractivity (Wildman–Crippen MR) is 94.7 cm³/mol. The molecular weight excluding hydrogens is 394 g/mol.